The van der Waals surface area contributed by atoms with Crippen LogP contribution < -0.4 is 0 Å². The molecular formula is C36H27Br2N3O. The molecule has 4 nitrogen and oxygen atoms in total. The molecule has 0 spiro atoms. The van der Waals surface area contributed by atoms with E-state index in [4.69, 9.17) is 10.1 Å². The molecule has 1 aliphatic carbocycles. The maximum absolute atomic E-state index is 14.7. The first kappa shape index (κ1) is 27.0. The lowest BCUT2D eigenvalue weighted by Gasteiger charge is -2.30. The van der Waals surface area contributed by atoms with Crippen LogP contribution in [0.4, 0.5) is 0 Å². The summed E-state index contributed by atoms with van der Waals surface area (Å²) >= 11 is 7.13. The van der Waals surface area contributed by atoms with Gasteiger partial charge in [-0.3, -0.25) is 4.79 Å². The zero-order valence-corrected chi connectivity index (χ0v) is 25.9. The first-order valence-electron chi connectivity index (χ1n) is 14.1. The largest absolute Gasteiger partial charge is 0.275 e. The molecule has 1 aliphatic heterocycles. The molecule has 1 saturated carbocycles. The second-order valence-corrected chi connectivity index (χ2v) is 12.6. The van der Waals surface area contributed by atoms with Crippen molar-refractivity contribution in [2.45, 2.75) is 25.3 Å². The molecule has 42 heavy (non-hydrogen) atoms. The SMILES string of the molecule is O=C(c1cc(-c2ccccc2)nc2ccccc12)N1N=C2/C(=C/c3ccc(Br)cc3)CCC[C@@H]2[C@H]1c1ccc(Br)cc1. The second-order valence-electron chi connectivity index (χ2n) is 10.8. The number of halogens is 2. The van der Waals surface area contributed by atoms with Gasteiger partial charge in [0.25, 0.3) is 5.91 Å². The van der Waals surface area contributed by atoms with E-state index < -0.39 is 0 Å². The van der Waals surface area contributed by atoms with Crippen LogP contribution in [0.5, 0.6) is 0 Å². The first-order chi connectivity index (χ1) is 20.5. The van der Waals surface area contributed by atoms with Crippen molar-refractivity contribution < 1.29 is 4.79 Å². The summed E-state index contributed by atoms with van der Waals surface area (Å²) in [6, 6.07) is 36.3. The van der Waals surface area contributed by atoms with E-state index >= 15 is 0 Å². The van der Waals surface area contributed by atoms with E-state index in [0.717, 1.165) is 67.2 Å². The predicted octanol–water partition coefficient (Wildman–Crippen LogP) is 9.86. The number of nitrogens with zero attached hydrogens (tertiary/aromatic N) is 3. The number of benzene rings is 4. The number of hydrogen-bond donors (Lipinski definition) is 0. The highest BCUT2D eigenvalue weighted by Crippen LogP contribution is 2.45. The summed E-state index contributed by atoms with van der Waals surface area (Å²) in [4.78, 5) is 19.6. The number of fused-ring (bicyclic) bond motifs is 2. The van der Waals surface area contributed by atoms with Gasteiger partial charge in [-0.15, -0.1) is 0 Å². The van der Waals surface area contributed by atoms with Crippen molar-refractivity contribution in [1.29, 1.82) is 0 Å². The summed E-state index contributed by atoms with van der Waals surface area (Å²) in [5, 5.41) is 7.74. The van der Waals surface area contributed by atoms with Gasteiger partial charge in [0.05, 0.1) is 28.5 Å². The number of hydrogen-bond acceptors (Lipinski definition) is 3. The summed E-state index contributed by atoms with van der Waals surface area (Å²) in [5.74, 6) is 0.0101. The molecule has 1 fully saturated rings. The first-order valence-corrected chi connectivity index (χ1v) is 15.7. The lowest BCUT2D eigenvalue weighted by Crippen LogP contribution is -2.32. The molecule has 0 unspecified atom stereocenters. The molecule has 0 saturated heterocycles. The summed E-state index contributed by atoms with van der Waals surface area (Å²) in [6.45, 7) is 0. The van der Waals surface area contributed by atoms with Gasteiger partial charge in [-0.05, 0) is 78.4 Å². The number of para-hydroxylation sites is 1. The molecular weight excluding hydrogens is 650 g/mol. The van der Waals surface area contributed by atoms with Crippen molar-refractivity contribution in [3.63, 3.8) is 0 Å². The quantitative estimate of drug-likeness (QED) is 0.190. The number of hydrazone groups is 1. The van der Waals surface area contributed by atoms with Crippen LogP contribution in [-0.2, 0) is 0 Å². The van der Waals surface area contributed by atoms with Crippen LogP contribution in [0.3, 0.4) is 0 Å². The van der Waals surface area contributed by atoms with Crippen LogP contribution in [0.1, 0.15) is 46.8 Å². The normalized spacial score (nSPS) is 19.1. The van der Waals surface area contributed by atoms with Gasteiger partial charge in [-0.2, -0.15) is 5.10 Å². The Kier molecular flexibility index (Phi) is 7.34. The van der Waals surface area contributed by atoms with E-state index in [2.05, 4.69) is 74.3 Å². The fourth-order valence-electron chi connectivity index (χ4n) is 6.15. The number of allylic oxidation sites excluding steroid dienone is 1. The van der Waals surface area contributed by atoms with Crippen molar-refractivity contribution in [1.82, 2.24) is 9.99 Å². The van der Waals surface area contributed by atoms with Crippen LogP contribution in [-0.4, -0.2) is 21.6 Å². The van der Waals surface area contributed by atoms with E-state index in [1.54, 1.807) is 5.01 Å². The molecule has 6 heteroatoms. The molecule has 2 aliphatic rings. The standard InChI is InChI=1S/C36H27Br2N3O/c37-27-17-13-23(14-18-27)21-26-9-6-11-30-34(26)40-41(35(30)25-15-19-28(38)20-16-25)36(42)31-22-33(24-7-2-1-3-8-24)39-32-12-5-4-10-29(31)32/h1-5,7-8,10,12-22,30,35H,6,9,11H2/b26-21+/t30-,35+/m0/s1. The fraction of sp³-hybridized carbons (Fsp3) is 0.139. The molecule has 2 atom stereocenters. The maximum atomic E-state index is 14.7. The Morgan fingerprint density at radius 2 is 1.52 bits per heavy atom. The van der Waals surface area contributed by atoms with Crippen LogP contribution >= 0.6 is 31.9 Å². The number of aromatic nitrogens is 1. The van der Waals surface area contributed by atoms with Gasteiger partial charge in [0.15, 0.2) is 0 Å². The number of carbonyl (C=O) groups excluding carboxylic acids is 1. The molecule has 0 N–H and O–H groups in total. The third kappa shape index (κ3) is 5.14. The molecule has 0 radical (unpaired) electrons. The van der Waals surface area contributed by atoms with Crippen LogP contribution in [0.25, 0.3) is 28.2 Å². The maximum Gasteiger partial charge on any atom is 0.275 e. The minimum Gasteiger partial charge on any atom is -0.267 e. The van der Waals surface area contributed by atoms with E-state index in [-0.39, 0.29) is 17.9 Å². The smallest absolute Gasteiger partial charge is 0.267 e. The monoisotopic (exact) mass is 675 g/mol. The Bertz CT molecular complexity index is 1850. The Morgan fingerprint density at radius 3 is 2.29 bits per heavy atom. The molecule has 7 rings (SSSR count). The Balaban J connectivity index is 1.37. The molecule has 4 aromatic carbocycles. The number of rotatable bonds is 4. The third-order valence-corrected chi connectivity index (χ3v) is 9.21. The highest BCUT2D eigenvalue weighted by atomic mass is 79.9. The van der Waals surface area contributed by atoms with Crippen molar-refractivity contribution in [3.8, 4) is 11.3 Å². The van der Waals surface area contributed by atoms with Crippen LogP contribution in [0.2, 0.25) is 0 Å². The summed E-state index contributed by atoms with van der Waals surface area (Å²) in [5.41, 5.74) is 7.60. The molecule has 206 valence electrons. The minimum atomic E-state index is -0.193. The van der Waals surface area contributed by atoms with Crippen molar-refractivity contribution in [2.75, 3.05) is 0 Å². The van der Waals surface area contributed by atoms with Crippen LogP contribution in [0, 0.1) is 5.92 Å². The van der Waals surface area contributed by atoms with E-state index in [9.17, 15) is 4.79 Å². The molecule has 1 aromatic heterocycles. The van der Waals surface area contributed by atoms with Gasteiger partial charge in [-0.25, -0.2) is 9.99 Å². The highest BCUT2D eigenvalue weighted by Gasteiger charge is 2.44. The Labute approximate surface area is 262 Å². The van der Waals surface area contributed by atoms with Crippen LogP contribution in [0.15, 0.2) is 129 Å². The van der Waals surface area contributed by atoms with Gasteiger partial charge in [0, 0.05) is 25.8 Å². The van der Waals surface area contributed by atoms with E-state index in [0.29, 0.717) is 5.56 Å². The molecule has 1 amide bonds. The Morgan fingerprint density at radius 1 is 0.833 bits per heavy atom. The average Bonchev–Trinajstić information content (AvgIpc) is 3.43. The fourth-order valence-corrected chi connectivity index (χ4v) is 6.68. The van der Waals surface area contributed by atoms with Crippen molar-refractivity contribution in [3.05, 3.63) is 140 Å². The zero-order valence-electron chi connectivity index (χ0n) is 22.8. The number of amides is 1. The zero-order chi connectivity index (χ0) is 28.6. The van der Waals surface area contributed by atoms with Gasteiger partial charge >= 0.3 is 0 Å². The van der Waals surface area contributed by atoms with Gasteiger partial charge in [0.2, 0.25) is 0 Å². The molecule has 5 aromatic rings. The second kappa shape index (κ2) is 11.4. The van der Waals surface area contributed by atoms with Gasteiger partial charge in [0.1, 0.15) is 0 Å². The van der Waals surface area contributed by atoms with Gasteiger partial charge in [-0.1, -0.05) is 105 Å². The number of pyridine rings is 1. The highest BCUT2D eigenvalue weighted by molar-refractivity contribution is 9.10. The third-order valence-electron chi connectivity index (χ3n) is 8.15. The van der Waals surface area contributed by atoms with E-state index in [1.807, 2.05) is 72.8 Å². The number of carbonyl (C=O) groups is 1. The summed E-state index contributed by atoms with van der Waals surface area (Å²) < 4.78 is 2.06. The predicted molar refractivity (Wildman–Crippen MR) is 177 cm³/mol. The summed E-state index contributed by atoms with van der Waals surface area (Å²) in [6.07, 6.45) is 5.21. The molecule has 2 heterocycles. The lowest BCUT2D eigenvalue weighted by molar-refractivity contribution is 0.0683. The molecule has 0 bridgehead atoms. The van der Waals surface area contributed by atoms with Crippen molar-refractivity contribution >= 4 is 60.5 Å². The minimum absolute atomic E-state index is 0.108. The van der Waals surface area contributed by atoms with E-state index in [1.165, 1.54) is 5.57 Å². The topological polar surface area (TPSA) is 45.6 Å². The lowest BCUT2D eigenvalue weighted by atomic mass is 9.77. The Hall–Kier alpha value is -3.87. The average molecular weight is 677 g/mol. The van der Waals surface area contributed by atoms with Gasteiger partial charge < -0.3 is 0 Å². The van der Waals surface area contributed by atoms with Crippen molar-refractivity contribution in [2.24, 2.45) is 11.0 Å². The summed E-state index contributed by atoms with van der Waals surface area (Å²) in [7, 11) is 0.